The molecule has 1 rings (SSSR count). The first-order chi connectivity index (χ1) is 6.06. The molecule has 1 aromatic carbocycles. The van der Waals surface area contributed by atoms with Gasteiger partial charge in [0.05, 0.1) is 5.56 Å². The van der Waals surface area contributed by atoms with Gasteiger partial charge in [-0.25, -0.2) is 4.79 Å². The summed E-state index contributed by atoms with van der Waals surface area (Å²) < 4.78 is 0. The maximum Gasteiger partial charge on any atom is 0.336 e. The van der Waals surface area contributed by atoms with Crippen LogP contribution in [-0.2, 0) is 5.88 Å². The Morgan fingerprint density at radius 1 is 1.46 bits per heavy atom. The fourth-order valence-corrected chi connectivity index (χ4v) is 1.72. The van der Waals surface area contributed by atoms with E-state index in [9.17, 15) is 4.79 Å². The number of aromatic carboxylic acids is 1. The monoisotopic (exact) mass is 198 g/mol. The summed E-state index contributed by atoms with van der Waals surface area (Å²) in [5.74, 6) is -0.671. The zero-order chi connectivity index (χ0) is 10.0. The summed E-state index contributed by atoms with van der Waals surface area (Å²) >= 11 is 5.67. The first-order valence-corrected chi connectivity index (χ1v) is 4.49. The van der Waals surface area contributed by atoms with Crippen LogP contribution in [0.1, 0.15) is 27.0 Å². The minimum absolute atomic E-state index is 0.244. The Hall–Kier alpha value is -1.02. The van der Waals surface area contributed by atoms with Crippen molar-refractivity contribution >= 4 is 17.6 Å². The molecule has 1 aromatic rings. The number of aryl methyl sites for hydroxylation is 2. The highest BCUT2D eigenvalue weighted by Gasteiger charge is 2.11. The highest BCUT2D eigenvalue weighted by atomic mass is 35.5. The van der Waals surface area contributed by atoms with Gasteiger partial charge in [-0.05, 0) is 36.6 Å². The van der Waals surface area contributed by atoms with Crippen molar-refractivity contribution in [1.29, 1.82) is 0 Å². The molecule has 1 N–H and O–H groups in total. The van der Waals surface area contributed by atoms with Gasteiger partial charge in [-0.1, -0.05) is 6.07 Å². The van der Waals surface area contributed by atoms with Crippen molar-refractivity contribution in [2.45, 2.75) is 19.7 Å². The Morgan fingerprint density at radius 3 is 2.54 bits per heavy atom. The van der Waals surface area contributed by atoms with Crippen molar-refractivity contribution in [2.75, 3.05) is 0 Å². The molecule has 0 aliphatic rings. The molecule has 0 radical (unpaired) electrons. The number of alkyl halides is 1. The van der Waals surface area contributed by atoms with Crippen molar-refractivity contribution in [2.24, 2.45) is 0 Å². The first-order valence-electron chi connectivity index (χ1n) is 3.95. The SMILES string of the molecule is Cc1cc(C)c(CCl)c(C(=O)O)c1. The van der Waals surface area contributed by atoms with E-state index in [1.54, 1.807) is 6.07 Å². The molecule has 0 saturated carbocycles. The number of carboxylic acid groups (broad SMARTS) is 1. The van der Waals surface area contributed by atoms with E-state index in [4.69, 9.17) is 16.7 Å². The van der Waals surface area contributed by atoms with Crippen LogP contribution in [0, 0.1) is 13.8 Å². The highest BCUT2D eigenvalue weighted by molar-refractivity contribution is 6.17. The van der Waals surface area contributed by atoms with Crippen LogP contribution in [0.15, 0.2) is 12.1 Å². The molecule has 0 fully saturated rings. The number of rotatable bonds is 2. The molecule has 0 amide bonds. The van der Waals surface area contributed by atoms with Gasteiger partial charge in [0.1, 0.15) is 0 Å². The van der Waals surface area contributed by atoms with Crippen molar-refractivity contribution in [3.8, 4) is 0 Å². The summed E-state index contributed by atoms with van der Waals surface area (Å²) in [5.41, 5.74) is 2.91. The molecular formula is C10H11ClO2. The Kier molecular flexibility index (Phi) is 2.94. The predicted octanol–water partition coefficient (Wildman–Crippen LogP) is 2.74. The average molecular weight is 199 g/mol. The number of halogens is 1. The van der Waals surface area contributed by atoms with Gasteiger partial charge in [0, 0.05) is 5.88 Å². The predicted molar refractivity (Wildman–Crippen MR) is 52.4 cm³/mol. The molecule has 13 heavy (non-hydrogen) atoms. The van der Waals surface area contributed by atoms with Crippen LogP contribution < -0.4 is 0 Å². The number of carbonyl (C=O) groups is 1. The minimum Gasteiger partial charge on any atom is -0.478 e. The molecule has 0 bridgehead atoms. The second kappa shape index (κ2) is 3.79. The molecule has 70 valence electrons. The van der Waals surface area contributed by atoms with Gasteiger partial charge in [0.2, 0.25) is 0 Å². The largest absolute Gasteiger partial charge is 0.478 e. The van der Waals surface area contributed by atoms with Crippen LogP contribution in [0.3, 0.4) is 0 Å². The van der Waals surface area contributed by atoms with Crippen molar-refractivity contribution in [1.82, 2.24) is 0 Å². The van der Waals surface area contributed by atoms with Gasteiger partial charge < -0.3 is 5.11 Å². The average Bonchev–Trinajstić information content (AvgIpc) is 2.02. The highest BCUT2D eigenvalue weighted by Crippen LogP contribution is 2.18. The third-order valence-electron chi connectivity index (χ3n) is 1.98. The summed E-state index contributed by atoms with van der Waals surface area (Å²) in [6.07, 6.45) is 0. The van der Waals surface area contributed by atoms with Crippen molar-refractivity contribution in [3.63, 3.8) is 0 Å². The molecular weight excluding hydrogens is 188 g/mol. The first kappa shape index (κ1) is 10.1. The molecule has 0 aromatic heterocycles. The van der Waals surface area contributed by atoms with E-state index in [1.165, 1.54) is 0 Å². The van der Waals surface area contributed by atoms with Gasteiger partial charge in [-0.2, -0.15) is 0 Å². The summed E-state index contributed by atoms with van der Waals surface area (Å²) in [6, 6.07) is 3.58. The zero-order valence-electron chi connectivity index (χ0n) is 7.60. The second-order valence-corrected chi connectivity index (χ2v) is 3.31. The molecule has 0 unspecified atom stereocenters. The molecule has 0 spiro atoms. The van der Waals surface area contributed by atoms with Crippen LogP contribution in [0.25, 0.3) is 0 Å². The summed E-state index contributed by atoms with van der Waals surface area (Å²) in [7, 11) is 0. The number of benzene rings is 1. The smallest absolute Gasteiger partial charge is 0.336 e. The molecule has 0 aliphatic carbocycles. The third kappa shape index (κ3) is 2.01. The maximum atomic E-state index is 10.8. The fraction of sp³-hybridized carbons (Fsp3) is 0.300. The van der Waals surface area contributed by atoms with Gasteiger partial charge in [0.25, 0.3) is 0 Å². The van der Waals surface area contributed by atoms with E-state index >= 15 is 0 Å². The molecule has 0 aliphatic heterocycles. The van der Waals surface area contributed by atoms with E-state index in [-0.39, 0.29) is 5.88 Å². The van der Waals surface area contributed by atoms with Gasteiger partial charge in [0.15, 0.2) is 0 Å². The lowest BCUT2D eigenvalue weighted by atomic mass is 10.0. The molecule has 3 heteroatoms. The van der Waals surface area contributed by atoms with E-state index in [0.717, 1.165) is 11.1 Å². The van der Waals surface area contributed by atoms with Crippen LogP contribution in [0.4, 0.5) is 0 Å². The Balaban J connectivity index is 3.38. The minimum atomic E-state index is -0.914. The van der Waals surface area contributed by atoms with E-state index in [1.807, 2.05) is 19.9 Å². The van der Waals surface area contributed by atoms with Crippen LogP contribution in [0.2, 0.25) is 0 Å². The zero-order valence-corrected chi connectivity index (χ0v) is 8.35. The van der Waals surface area contributed by atoms with Crippen molar-refractivity contribution in [3.05, 3.63) is 34.4 Å². The van der Waals surface area contributed by atoms with E-state index in [0.29, 0.717) is 11.1 Å². The summed E-state index contributed by atoms with van der Waals surface area (Å²) in [4.78, 5) is 10.8. The van der Waals surface area contributed by atoms with Crippen LogP contribution in [-0.4, -0.2) is 11.1 Å². The molecule has 0 atom stereocenters. The molecule has 0 saturated heterocycles. The van der Waals surface area contributed by atoms with Crippen LogP contribution >= 0.6 is 11.6 Å². The van der Waals surface area contributed by atoms with Gasteiger partial charge in [-0.15, -0.1) is 11.6 Å². The second-order valence-electron chi connectivity index (χ2n) is 3.05. The van der Waals surface area contributed by atoms with Crippen molar-refractivity contribution < 1.29 is 9.90 Å². The van der Waals surface area contributed by atoms with Gasteiger partial charge >= 0.3 is 5.97 Å². The Morgan fingerprint density at radius 2 is 2.08 bits per heavy atom. The lowest BCUT2D eigenvalue weighted by Gasteiger charge is -2.07. The van der Waals surface area contributed by atoms with E-state index < -0.39 is 5.97 Å². The lowest BCUT2D eigenvalue weighted by molar-refractivity contribution is 0.0695. The third-order valence-corrected chi connectivity index (χ3v) is 2.25. The normalized spacial score (nSPS) is 10.1. The summed E-state index contributed by atoms with van der Waals surface area (Å²) in [6.45, 7) is 3.74. The van der Waals surface area contributed by atoms with Gasteiger partial charge in [-0.3, -0.25) is 0 Å². The summed E-state index contributed by atoms with van der Waals surface area (Å²) in [5, 5.41) is 8.89. The Bertz CT molecular complexity index is 345. The maximum absolute atomic E-state index is 10.8. The standard InChI is InChI=1S/C10H11ClO2/c1-6-3-7(2)9(5-11)8(4-6)10(12)13/h3-4H,5H2,1-2H3,(H,12,13). The molecule has 0 heterocycles. The van der Waals surface area contributed by atoms with Crippen LogP contribution in [0.5, 0.6) is 0 Å². The quantitative estimate of drug-likeness (QED) is 0.742. The lowest BCUT2D eigenvalue weighted by Crippen LogP contribution is -2.03. The number of hydrogen-bond acceptors (Lipinski definition) is 1. The molecule has 2 nitrogen and oxygen atoms in total. The number of carboxylic acids is 1. The Labute approximate surface area is 82.2 Å². The fourth-order valence-electron chi connectivity index (χ4n) is 1.37. The topological polar surface area (TPSA) is 37.3 Å². The van der Waals surface area contributed by atoms with E-state index in [2.05, 4.69) is 0 Å². The number of hydrogen-bond donors (Lipinski definition) is 1.